The first-order valence-electron chi connectivity index (χ1n) is 9.73. The molecule has 4 aliphatic rings. The Bertz CT molecular complexity index is 502. The monoisotopic (exact) mass is 322 g/mol. The lowest BCUT2D eigenvalue weighted by Crippen LogP contribution is -2.50. The minimum absolute atomic E-state index is 0.218. The van der Waals surface area contributed by atoms with Crippen molar-refractivity contribution in [2.75, 3.05) is 0 Å². The van der Waals surface area contributed by atoms with Crippen molar-refractivity contribution >= 4 is 5.78 Å². The van der Waals surface area contributed by atoms with Gasteiger partial charge in [-0.3, -0.25) is 4.79 Å². The number of ketones is 1. The van der Waals surface area contributed by atoms with E-state index in [9.17, 15) is 14.3 Å². The van der Waals surface area contributed by atoms with E-state index in [1.807, 2.05) is 0 Å². The largest absolute Gasteiger partial charge is 0.362 e. The van der Waals surface area contributed by atoms with Gasteiger partial charge in [0.2, 0.25) is 5.85 Å². The number of aliphatic hydroxyl groups is 1. The molecule has 0 aromatic carbocycles. The van der Waals surface area contributed by atoms with E-state index in [-0.39, 0.29) is 11.3 Å². The molecule has 2 nitrogen and oxygen atoms in total. The third kappa shape index (κ3) is 2.41. The summed E-state index contributed by atoms with van der Waals surface area (Å²) in [4.78, 5) is 12.1. The minimum atomic E-state index is -1.91. The molecule has 0 radical (unpaired) electrons. The van der Waals surface area contributed by atoms with Crippen molar-refractivity contribution in [1.82, 2.24) is 0 Å². The van der Waals surface area contributed by atoms with E-state index in [1.165, 1.54) is 25.7 Å². The summed E-state index contributed by atoms with van der Waals surface area (Å²) in [5, 5.41) is 9.79. The van der Waals surface area contributed by atoms with Crippen LogP contribution in [-0.4, -0.2) is 16.7 Å². The SMILES string of the molecule is CC(=O)[C@H]1CC[C@H]2[C@@H]3CC[C@H]4C[C@@](O)(F)CC[C@@H]4[C@H]3CC[C@]12C. The Kier molecular flexibility index (Phi) is 3.68. The van der Waals surface area contributed by atoms with Crippen LogP contribution in [0.1, 0.15) is 71.6 Å². The predicted molar refractivity (Wildman–Crippen MR) is 87.3 cm³/mol. The highest BCUT2D eigenvalue weighted by Gasteiger charge is 2.58. The van der Waals surface area contributed by atoms with Gasteiger partial charge in [-0.1, -0.05) is 6.92 Å². The van der Waals surface area contributed by atoms with Crippen LogP contribution in [0.3, 0.4) is 0 Å². The smallest absolute Gasteiger partial charge is 0.207 e. The van der Waals surface area contributed by atoms with Crippen LogP contribution in [0.15, 0.2) is 0 Å². The maximum Gasteiger partial charge on any atom is 0.207 e. The average Bonchev–Trinajstić information content (AvgIpc) is 2.83. The summed E-state index contributed by atoms with van der Waals surface area (Å²) >= 11 is 0. The molecule has 8 atom stereocenters. The molecule has 0 heterocycles. The van der Waals surface area contributed by atoms with Gasteiger partial charge in [-0.05, 0) is 86.9 Å². The van der Waals surface area contributed by atoms with Gasteiger partial charge in [0.1, 0.15) is 5.78 Å². The molecule has 0 unspecified atom stereocenters. The second kappa shape index (κ2) is 5.28. The number of carbonyl (C=O) groups excluding carboxylic acids is 1. The first-order chi connectivity index (χ1) is 10.8. The fourth-order valence-corrected chi connectivity index (χ4v) is 7.50. The number of rotatable bonds is 1. The van der Waals surface area contributed by atoms with Gasteiger partial charge in [0.15, 0.2) is 0 Å². The van der Waals surface area contributed by atoms with E-state index < -0.39 is 5.85 Å². The summed E-state index contributed by atoms with van der Waals surface area (Å²) in [6.07, 6.45) is 8.50. The fraction of sp³-hybridized carbons (Fsp3) is 0.950. The van der Waals surface area contributed by atoms with Gasteiger partial charge in [-0.15, -0.1) is 0 Å². The van der Waals surface area contributed by atoms with Crippen molar-refractivity contribution in [2.45, 2.75) is 77.5 Å². The number of hydrogen-bond donors (Lipinski definition) is 1. The van der Waals surface area contributed by atoms with Crippen LogP contribution < -0.4 is 0 Å². The molecule has 4 rings (SSSR count). The molecule has 0 saturated heterocycles. The predicted octanol–water partition coefficient (Wildman–Crippen LogP) is 4.50. The molecule has 4 aliphatic carbocycles. The van der Waals surface area contributed by atoms with Gasteiger partial charge in [-0.25, -0.2) is 4.39 Å². The van der Waals surface area contributed by atoms with Gasteiger partial charge in [0.25, 0.3) is 0 Å². The molecule has 4 fully saturated rings. The average molecular weight is 322 g/mol. The van der Waals surface area contributed by atoms with Crippen LogP contribution in [0.5, 0.6) is 0 Å². The van der Waals surface area contributed by atoms with Gasteiger partial charge < -0.3 is 5.11 Å². The lowest BCUT2D eigenvalue weighted by atomic mass is 9.49. The van der Waals surface area contributed by atoms with Gasteiger partial charge >= 0.3 is 0 Å². The number of halogens is 1. The molecule has 0 bridgehead atoms. The van der Waals surface area contributed by atoms with E-state index >= 15 is 0 Å². The van der Waals surface area contributed by atoms with Crippen LogP contribution in [0, 0.1) is 40.9 Å². The molecule has 130 valence electrons. The van der Waals surface area contributed by atoms with Gasteiger partial charge in [0, 0.05) is 18.8 Å². The standard InChI is InChI=1S/C20H31FO2/c1-12(22)17-5-6-18-16-4-3-13-11-20(21,23)10-8-14(13)15(16)7-9-19(17,18)2/h13-18,23H,3-11H2,1-2H3/t13-,14-,15+,16+,17+,18-,19+,20+/m0/s1. The van der Waals surface area contributed by atoms with Crippen molar-refractivity contribution < 1.29 is 14.3 Å². The minimum Gasteiger partial charge on any atom is -0.362 e. The van der Waals surface area contributed by atoms with Crippen LogP contribution in [0.2, 0.25) is 0 Å². The van der Waals surface area contributed by atoms with Crippen molar-refractivity contribution in [2.24, 2.45) is 40.9 Å². The highest BCUT2D eigenvalue weighted by atomic mass is 19.2. The number of fused-ring (bicyclic) bond motifs is 5. The third-order valence-corrected chi connectivity index (χ3v) is 8.45. The quantitative estimate of drug-likeness (QED) is 0.771. The van der Waals surface area contributed by atoms with Gasteiger partial charge in [0.05, 0.1) is 0 Å². The first kappa shape index (κ1) is 16.1. The molecule has 1 N–H and O–H groups in total. The maximum atomic E-state index is 14.0. The normalized spacial score (nSPS) is 55.7. The van der Waals surface area contributed by atoms with Crippen molar-refractivity contribution in [3.05, 3.63) is 0 Å². The molecule has 23 heavy (non-hydrogen) atoms. The van der Waals surface area contributed by atoms with Crippen molar-refractivity contribution in [1.29, 1.82) is 0 Å². The van der Waals surface area contributed by atoms with Crippen LogP contribution in [0.25, 0.3) is 0 Å². The van der Waals surface area contributed by atoms with Crippen molar-refractivity contribution in [3.8, 4) is 0 Å². The Balaban J connectivity index is 1.56. The van der Waals surface area contributed by atoms with Crippen LogP contribution in [0.4, 0.5) is 4.39 Å². The van der Waals surface area contributed by atoms with E-state index in [2.05, 4.69) is 6.92 Å². The Hall–Kier alpha value is -0.440. The molecule has 3 heteroatoms. The first-order valence-corrected chi connectivity index (χ1v) is 9.73. The number of Topliss-reactive ketones (excluding diaryl/α,β-unsaturated/α-hetero) is 1. The molecule has 0 aliphatic heterocycles. The van der Waals surface area contributed by atoms with Gasteiger partial charge in [-0.2, -0.15) is 0 Å². The Morgan fingerprint density at radius 2 is 1.74 bits per heavy atom. The number of hydrogen-bond acceptors (Lipinski definition) is 2. The summed E-state index contributed by atoms with van der Waals surface area (Å²) in [5.74, 6) is 1.90. The summed E-state index contributed by atoms with van der Waals surface area (Å²) < 4.78 is 14.0. The highest BCUT2D eigenvalue weighted by Crippen LogP contribution is 2.64. The Labute approximate surface area is 139 Å². The van der Waals surface area contributed by atoms with E-state index in [1.54, 1.807) is 6.92 Å². The highest BCUT2D eigenvalue weighted by molar-refractivity contribution is 5.79. The summed E-state index contributed by atoms with van der Waals surface area (Å²) in [6, 6.07) is 0. The molecule has 0 aromatic heterocycles. The topological polar surface area (TPSA) is 37.3 Å². The van der Waals surface area contributed by atoms with E-state index in [0.29, 0.717) is 42.3 Å². The zero-order valence-electron chi connectivity index (χ0n) is 14.6. The maximum absolute atomic E-state index is 14.0. The molecule has 0 aromatic rings. The van der Waals surface area contributed by atoms with E-state index in [4.69, 9.17) is 0 Å². The Morgan fingerprint density at radius 3 is 2.48 bits per heavy atom. The zero-order chi connectivity index (χ0) is 16.4. The molecule has 4 saturated carbocycles. The lowest BCUT2D eigenvalue weighted by molar-refractivity contribution is -0.165. The second-order valence-electron chi connectivity index (χ2n) is 9.38. The Morgan fingerprint density at radius 1 is 1.00 bits per heavy atom. The molecular formula is C20H31FO2. The fourth-order valence-electron chi connectivity index (χ4n) is 7.50. The molecule has 0 amide bonds. The van der Waals surface area contributed by atoms with E-state index in [0.717, 1.165) is 25.2 Å². The molecule has 0 spiro atoms. The van der Waals surface area contributed by atoms with Crippen LogP contribution in [-0.2, 0) is 4.79 Å². The summed E-state index contributed by atoms with van der Waals surface area (Å²) in [6.45, 7) is 4.16. The number of alkyl halides is 1. The van der Waals surface area contributed by atoms with Crippen LogP contribution >= 0.6 is 0 Å². The lowest BCUT2D eigenvalue weighted by Gasteiger charge is -2.56. The summed E-state index contributed by atoms with van der Waals surface area (Å²) in [7, 11) is 0. The zero-order valence-corrected chi connectivity index (χ0v) is 14.6. The number of carbonyl (C=O) groups is 1. The molecular weight excluding hydrogens is 291 g/mol. The van der Waals surface area contributed by atoms with Crippen molar-refractivity contribution in [3.63, 3.8) is 0 Å². The third-order valence-electron chi connectivity index (χ3n) is 8.45. The second-order valence-corrected chi connectivity index (χ2v) is 9.38. The summed E-state index contributed by atoms with van der Waals surface area (Å²) in [5.41, 5.74) is 0.218.